The molecule has 1 aromatic rings. The molecular formula is C14H20N2O4. The molecule has 110 valence electrons. The molecule has 0 atom stereocenters. The number of hydrogen-bond acceptors (Lipinski definition) is 5. The number of aromatic hydroxyl groups is 2. The van der Waals surface area contributed by atoms with Crippen molar-refractivity contribution in [2.45, 2.75) is 18.9 Å². The molecule has 0 unspecified atom stereocenters. The Morgan fingerprint density at radius 2 is 1.95 bits per heavy atom. The number of ether oxygens (including phenoxy) is 1. The molecule has 1 aliphatic rings. The van der Waals surface area contributed by atoms with Gasteiger partial charge in [0.2, 0.25) is 0 Å². The van der Waals surface area contributed by atoms with Crippen LogP contribution in [0.25, 0.3) is 0 Å². The van der Waals surface area contributed by atoms with E-state index in [0.29, 0.717) is 13.2 Å². The molecule has 1 aliphatic heterocycles. The first kappa shape index (κ1) is 14.6. The van der Waals surface area contributed by atoms with Crippen molar-refractivity contribution < 1.29 is 19.7 Å². The summed E-state index contributed by atoms with van der Waals surface area (Å²) in [6.07, 6.45) is 2.20. The highest BCUT2D eigenvalue weighted by molar-refractivity contribution is 5.99. The molecule has 1 heterocycles. The van der Waals surface area contributed by atoms with Crippen molar-refractivity contribution in [3.8, 4) is 11.5 Å². The van der Waals surface area contributed by atoms with Crippen LogP contribution in [0.3, 0.4) is 0 Å². The van der Waals surface area contributed by atoms with E-state index in [9.17, 15) is 15.0 Å². The second-order valence-electron chi connectivity index (χ2n) is 4.75. The van der Waals surface area contributed by atoms with E-state index in [1.165, 1.54) is 18.2 Å². The summed E-state index contributed by atoms with van der Waals surface area (Å²) in [5.74, 6) is -0.974. The molecule has 2 rings (SSSR count). The lowest BCUT2D eigenvalue weighted by Crippen LogP contribution is -2.34. The van der Waals surface area contributed by atoms with Gasteiger partial charge < -0.3 is 25.6 Å². The maximum atomic E-state index is 11.8. The van der Waals surface area contributed by atoms with Crippen LogP contribution in [0.5, 0.6) is 11.5 Å². The number of phenols is 2. The zero-order valence-corrected chi connectivity index (χ0v) is 11.3. The SMILES string of the molecule is O=C(NCCOC1CCNCC1)c1c(O)cccc1O. The van der Waals surface area contributed by atoms with Gasteiger partial charge in [-0.25, -0.2) is 0 Å². The number of nitrogens with one attached hydrogen (secondary N) is 2. The van der Waals surface area contributed by atoms with Gasteiger partial charge in [-0.15, -0.1) is 0 Å². The minimum absolute atomic E-state index is 0.102. The normalized spacial score (nSPS) is 16.0. The van der Waals surface area contributed by atoms with Gasteiger partial charge in [-0.3, -0.25) is 4.79 Å². The highest BCUT2D eigenvalue weighted by atomic mass is 16.5. The van der Waals surface area contributed by atoms with E-state index in [0.717, 1.165) is 25.9 Å². The first-order valence-electron chi connectivity index (χ1n) is 6.80. The topological polar surface area (TPSA) is 90.8 Å². The van der Waals surface area contributed by atoms with Crippen LogP contribution >= 0.6 is 0 Å². The Kier molecular flexibility index (Phi) is 5.20. The summed E-state index contributed by atoms with van der Waals surface area (Å²) in [4.78, 5) is 11.8. The van der Waals surface area contributed by atoms with E-state index in [2.05, 4.69) is 10.6 Å². The molecule has 0 saturated carbocycles. The Hall–Kier alpha value is -1.79. The molecule has 20 heavy (non-hydrogen) atoms. The molecule has 0 spiro atoms. The summed E-state index contributed by atoms with van der Waals surface area (Å²) in [6, 6.07) is 4.20. The molecule has 1 saturated heterocycles. The predicted octanol–water partition coefficient (Wildman–Crippen LogP) is 0.596. The smallest absolute Gasteiger partial charge is 0.258 e. The number of rotatable bonds is 5. The van der Waals surface area contributed by atoms with Crippen LogP contribution in [0, 0.1) is 0 Å². The van der Waals surface area contributed by atoms with E-state index < -0.39 is 5.91 Å². The number of benzene rings is 1. The predicted molar refractivity (Wildman–Crippen MR) is 73.9 cm³/mol. The highest BCUT2D eigenvalue weighted by Crippen LogP contribution is 2.25. The molecule has 4 N–H and O–H groups in total. The maximum Gasteiger partial charge on any atom is 0.258 e. The van der Waals surface area contributed by atoms with E-state index >= 15 is 0 Å². The summed E-state index contributed by atoms with van der Waals surface area (Å²) in [5.41, 5.74) is -0.102. The van der Waals surface area contributed by atoms with Crippen LogP contribution in [0.15, 0.2) is 18.2 Å². The lowest BCUT2D eigenvalue weighted by molar-refractivity contribution is 0.0343. The van der Waals surface area contributed by atoms with Crippen LogP contribution in [0.4, 0.5) is 0 Å². The third-order valence-electron chi connectivity index (χ3n) is 3.27. The molecule has 1 amide bonds. The third kappa shape index (κ3) is 3.85. The Morgan fingerprint density at radius 1 is 1.30 bits per heavy atom. The van der Waals surface area contributed by atoms with Crippen molar-refractivity contribution in [3.05, 3.63) is 23.8 Å². The molecule has 0 radical (unpaired) electrons. The minimum atomic E-state index is -0.505. The lowest BCUT2D eigenvalue weighted by atomic mass is 10.1. The second-order valence-corrected chi connectivity index (χ2v) is 4.75. The zero-order chi connectivity index (χ0) is 14.4. The highest BCUT2D eigenvalue weighted by Gasteiger charge is 2.16. The van der Waals surface area contributed by atoms with Gasteiger partial charge in [-0.05, 0) is 38.1 Å². The molecule has 6 heteroatoms. The van der Waals surface area contributed by atoms with Crippen molar-refractivity contribution in [2.75, 3.05) is 26.2 Å². The van der Waals surface area contributed by atoms with E-state index in [4.69, 9.17) is 4.74 Å². The fraction of sp³-hybridized carbons (Fsp3) is 0.500. The third-order valence-corrected chi connectivity index (χ3v) is 3.27. The monoisotopic (exact) mass is 280 g/mol. The van der Waals surface area contributed by atoms with Crippen molar-refractivity contribution >= 4 is 5.91 Å². The average molecular weight is 280 g/mol. The van der Waals surface area contributed by atoms with Crippen molar-refractivity contribution in [3.63, 3.8) is 0 Å². The fourth-order valence-corrected chi connectivity index (χ4v) is 2.20. The number of amides is 1. The first-order chi connectivity index (χ1) is 9.68. The second kappa shape index (κ2) is 7.12. The van der Waals surface area contributed by atoms with Crippen LogP contribution < -0.4 is 10.6 Å². The summed E-state index contributed by atoms with van der Waals surface area (Å²) in [6.45, 7) is 2.69. The number of phenolic OH excluding ortho intramolecular Hbond substituents is 2. The van der Waals surface area contributed by atoms with Gasteiger partial charge in [0.25, 0.3) is 5.91 Å². The Bertz CT molecular complexity index is 438. The van der Waals surface area contributed by atoms with Gasteiger partial charge >= 0.3 is 0 Å². The standard InChI is InChI=1S/C14H20N2O4/c17-11-2-1-3-12(18)13(11)14(19)16-8-9-20-10-4-6-15-7-5-10/h1-3,10,15,17-18H,4-9H2,(H,16,19). The van der Waals surface area contributed by atoms with Crippen LogP contribution in [0.2, 0.25) is 0 Å². The summed E-state index contributed by atoms with van der Waals surface area (Å²) >= 11 is 0. The molecule has 1 fully saturated rings. The molecule has 6 nitrogen and oxygen atoms in total. The molecule has 0 aliphatic carbocycles. The van der Waals surface area contributed by atoms with Crippen LogP contribution in [-0.4, -0.2) is 48.5 Å². The average Bonchev–Trinajstić information content (AvgIpc) is 2.44. The van der Waals surface area contributed by atoms with Gasteiger partial charge in [0, 0.05) is 6.54 Å². The van der Waals surface area contributed by atoms with Gasteiger partial charge in [0.15, 0.2) is 0 Å². The van der Waals surface area contributed by atoms with Gasteiger partial charge in [-0.2, -0.15) is 0 Å². The number of hydrogen-bond donors (Lipinski definition) is 4. The fourth-order valence-electron chi connectivity index (χ4n) is 2.20. The number of carbonyl (C=O) groups is 1. The summed E-state index contributed by atoms with van der Waals surface area (Å²) in [7, 11) is 0. The van der Waals surface area contributed by atoms with Gasteiger partial charge in [0.05, 0.1) is 12.7 Å². The number of piperidine rings is 1. The summed E-state index contributed by atoms with van der Waals surface area (Å²) in [5, 5.41) is 25.0. The van der Waals surface area contributed by atoms with Crippen molar-refractivity contribution in [1.29, 1.82) is 0 Å². The minimum Gasteiger partial charge on any atom is -0.507 e. The molecular weight excluding hydrogens is 260 g/mol. The van der Waals surface area contributed by atoms with Crippen molar-refractivity contribution in [1.82, 2.24) is 10.6 Å². The van der Waals surface area contributed by atoms with E-state index in [1.54, 1.807) is 0 Å². The zero-order valence-electron chi connectivity index (χ0n) is 11.3. The number of carbonyl (C=O) groups excluding carboxylic acids is 1. The van der Waals surface area contributed by atoms with E-state index in [1.807, 2.05) is 0 Å². The Labute approximate surface area is 117 Å². The molecule has 0 bridgehead atoms. The first-order valence-corrected chi connectivity index (χ1v) is 6.80. The largest absolute Gasteiger partial charge is 0.507 e. The molecule has 0 aromatic heterocycles. The quantitative estimate of drug-likeness (QED) is 0.593. The van der Waals surface area contributed by atoms with Crippen LogP contribution in [0.1, 0.15) is 23.2 Å². The Morgan fingerprint density at radius 3 is 2.60 bits per heavy atom. The maximum absolute atomic E-state index is 11.8. The van der Waals surface area contributed by atoms with Gasteiger partial charge in [-0.1, -0.05) is 6.07 Å². The summed E-state index contributed by atoms with van der Waals surface area (Å²) < 4.78 is 5.65. The van der Waals surface area contributed by atoms with Crippen molar-refractivity contribution in [2.24, 2.45) is 0 Å². The Balaban J connectivity index is 1.75. The lowest BCUT2D eigenvalue weighted by Gasteiger charge is -2.22. The van der Waals surface area contributed by atoms with E-state index in [-0.39, 0.29) is 23.2 Å². The van der Waals surface area contributed by atoms with Gasteiger partial charge in [0.1, 0.15) is 17.1 Å². The van der Waals surface area contributed by atoms with Crippen LogP contribution in [-0.2, 0) is 4.74 Å². The molecule has 1 aromatic carbocycles.